The molecule has 0 bridgehead atoms. The van der Waals surface area contributed by atoms with E-state index in [0.717, 1.165) is 88.6 Å². The average molecular weight is 711 g/mol. The maximum Gasteiger partial charge on any atom is 0.306 e. The summed E-state index contributed by atoms with van der Waals surface area (Å²) in [5.41, 5.74) is 0. The Morgan fingerprint density at radius 2 is 0.959 bits per heavy atom. The molecule has 5 nitrogen and oxygen atoms in total. The SMILES string of the molecule is CCCCCCCC(=O)OCCC(CCCCC)CCC(=O)CCC(CCCCC)CCSCC(CCCC)OC(=O)CCCCCCC. The highest BCUT2D eigenvalue weighted by atomic mass is 32.2. The van der Waals surface area contributed by atoms with E-state index >= 15 is 0 Å². The molecule has 0 aromatic carbocycles. The second-order valence-electron chi connectivity index (χ2n) is 14.8. The zero-order valence-electron chi connectivity index (χ0n) is 33.3. The summed E-state index contributed by atoms with van der Waals surface area (Å²) in [6, 6.07) is 0. The molecule has 0 aliphatic carbocycles. The minimum absolute atomic E-state index is 0.0176. The normalized spacial score (nSPS) is 13.2. The average Bonchev–Trinajstić information content (AvgIpc) is 3.09. The van der Waals surface area contributed by atoms with E-state index in [4.69, 9.17) is 9.47 Å². The number of hydrogen-bond acceptors (Lipinski definition) is 6. The number of ether oxygens (including phenoxy) is 2. The molecule has 0 saturated heterocycles. The Labute approximate surface area is 309 Å². The van der Waals surface area contributed by atoms with Gasteiger partial charge in [0.2, 0.25) is 0 Å². The Balaban J connectivity index is 4.68. The van der Waals surface area contributed by atoms with Crippen LogP contribution in [0.2, 0.25) is 0 Å². The Hall–Kier alpha value is -1.04. The van der Waals surface area contributed by atoms with Crippen LogP contribution in [0.1, 0.15) is 221 Å². The third-order valence-corrected chi connectivity index (χ3v) is 11.1. The van der Waals surface area contributed by atoms with Crippen LogP contribution in [0, 0.1) is 11.8 Å². The first-order valence-corrected chi connectivity index (χ1v) is 22.5. The van der Waals surface area contributed by atoms with Crippen molar-refractivity contribution >= 4 is 29.5 Å². The topological polar surface area (TPSA) is 69.7 Å². The summed E-state index contributed by atoms with van der Waals surface area (Å²) in [6.07, 6.45) is 30.6. The first-order valence-electron chi connectivity index (χ1n) is 21.3. The predicted molar refractivity (Wildman–Crippen MR) is 212 cm³/mol. The molecule has 0 saturated carbocycles. The molecule has 0 aliphatic rings. The first-order chi connectivity index (χ1) is 23.9. The summed E-state index contributed by atoms with van der Waals surface area (Å²) in [5, 5.41) is 0. The summed E-state index contributed by atoms with van der Waals surface area (Å²) in [7, 11) is 0. The van der Waals surface area contributed by atoms with Gasteiger partial charge in [0.05, 0.1) is 6.61 Å². The lowest BCUT2D eigenvalue weighted by atomic mass is 9.89. The van der Waals surface area contributed by atoms with Crippen molar-refractivity contribution in [2.45, 2.75) is 227 Å². The predicted octanol–water partition coefficient (Wildman–Crippen LogP) is 13.4. The van der Waals surface area contributed by atoms with Crippen molar-refractivity contribution in [3.63, 3.8) is 0 Å². The van der Waals surface area contributed by atoms with E-state index in [9.17, 15) is 14.4 Å². The molecule has 49 heavy (non-hydrogen) atoms. The van der Waals surface area contributed by atoms with Gasteiger partial charge in [-0.25, -0.2) is 0 Å². The van der Waals surface area contributed by atoms with E-state index < -0.39 is 0 Å². The largest absolute Gasteiger partial charge is 0.466 e. The minimum Gasteiger partial charge on any atom is -0.466 e. The van der Waals surface area contributed by atoms with Gasteiger partial charge >= 0.3 is 11.9 Å². The number of Topliss-reactive ketones (excluding diaryl/α,β-unsaturated/α-hetero) is 1. The van der Waals surface area contributed by atoms with Gasteiger partial charge in [-0.15, -0.1) is 0 Å². The zero-order chi connectivity index (χ0) is 36.2. The van der Waals surface area contributed by atoms with Crippen molar-refractivity contribution in [3.8, 4) is 0 Å². The van der Waals surface area contributed by atoms with Gasteiger partial charge in [0.25, 0.3) is 0 Å². The second kappa shape index (κ2) is 36.7. The van der Waals surface area contributed by atoms with Crippen LogP contribution in [0.25, 0.3) is 0 Å². The summed E-state index contributed by atoms with van der Waals surface area (Å²) in [5.74, 6) is 3.33. The number of rotatable bonds is 38. The van der Waals surface area contributed by atoms with Crippen molar-refractivity contribution in [2.75, 3.05) is 18.1 Å². The number of esters is 2. The molecule has 0 heterocycles. The third kappa shape index (κ3) is 32.6. The number of unbranched alkanes of at least 4 members (excludes halogenated alkanes) is 13. The highest BCUT2D eigenvalue weighted by Gasteiger charge is 2.17. The molecule has 290 valence electrons. The van der Waals surface area contributed by atoms with E-state index in [1.165, 1.54) is 83.5 Å². The van der Waals surface area contributed by atoms with Gasteiger partial charge in [-0.05, 0) is 62.5 Å². The summed E-state index contributed by atoms with van der Waals surface area (Å²) < 4.78 is 11.5. The molecular formula is C43H82O5S. The van der Waals surface area contributed by atoms with Crippen LogP contribution in [0.4, 0.5) is 0 Å². The van der Waals surface area contributed by atoms with Gasteiger partial charge in [0, 0.05) is 31.4 Å². The Morgan fingerprint density at radius 1 is 0.469 bits per heavy atom. The second-order valence-corrected chi connectivity index (χ2v) is 15.9. The van der Waals surface area contributed by atoms with E-state index in [2.05, 4.69) is 34.6 Å². The molecule has 3 atom stereocenters. The van der Waals surface area contributed by atoms with Crippen molar-refractivity contribution in [1.82, 2.24) is 0 Å². The van der Waals surface area contributed by atoms with Crippen LogP contribution in [-0.4, -0.2) is 41.9 Å². The lowest BCUT2D eigenvalue weighted by molar-refractivity contribution is -0.148. The Morgan fingerprint density at radius 3 is 1.51 bits per heavy atom. The maximum absolute atomic E-state index is 13.1. The third-order valence-electron chi connectivity index (χ3n) is 10.0. The van der Waals surface area contributed by atoms with Crippen LogP contribution >= 0.6 is 11.8 Å². The van der Waals surface area contributed by atoms with Crippen LogP contribution in [0.3, 0.4) is 0 Å². The van der Waals surface area contributed by atoms with Gasteiger partial charge in [-0.2, -0.15) is 11.8 Å². The molecule has 0 N–H and O–H groups in total. The number of carbonyl (C=O) groups excluding carboxylic acids is 3. The summed E-state index contributed by atoms with van der Waals surface area (Å²) in [6.45, 7) is 11.6. The lowest BCUT2D eigenvalue weighted by Gasteiger charge is -2.20. The number of ketones is 1. The number of hydrogen-bond donors (Lipinski definition) is 0. The van der Waals surface area contributed by atoms with E-state index in [-0.39, 0.29) is 18.0 Å². The fourth-order valence-corrected chi connectivity index (χ4v) is 7.73. The fourth-order valence-electron chi connectivity index (χ4n) is 6.56. The highest BCUT2D eigenvalue weighted by Crippen LogP contribution is 2.25. The molecular weight excluding hydrogens is 629 g/mol. The van der Waals surface area contributed by atoms with Crippen molar-refractivity contribution in [2.24, 2.45) is 11.8 Å². The van der Waals surface area contributed by atoms with Crippen LogP contribution < -0.4 is 0 Å². The fraction of sp³-hybridized carbons (Fsp3) is 0.930. The van der Waals surface area contributed by atoms with Gasteiger partial charge in [-0.1, -0.05) is 150 Å². The monoisotopic (exact) mass is 711 g/mol. The molecule has 0 rings (SSSR count). The minimum atomic E-state index is -0.0576. The molecule has 0 aromatic heterocycles. The van der Waals surface area contributed by atoms with Gasteiger partial charge in [-0.3, -0.25) is 14.4 Å². The van der Waals surface area contributed by atoms with Gasteiger partial charge in [0.15, 0.2) is 0 Å². The standard InChI is InChI=1S/C43H82O5S/c1-6-11-16-18-22-27-42(45)47-35-33-38(24-20-13-8-3)29-31-40(44)32-30-39(25-21-14-9-4)34-36-49-37-41(26-15-10-5)48-43(46)28-23-19-17-12-7-2/h38-39,41H,6-37H2,1-5H3. The highest BCUT2D eigenvalue weighted by molar-refractivity contribution is 7.99. The summed E-state index contributed by atoms with van der Waals surface area (Å²) >= 11 is 1.93. The van der Waals surface area contributed by atoms with E-state index in [1.54, 1.807) is 0 Å². The maximum atomic E-state index is 13.1. The molecule has 0 aliphatic heterocycles. The van der Waals surface area contributed by atoms with Crippen molar-refractivity contribution < 1.29 is 23.9 Å². The Bertz CT molecular complexity index is 757. The summed E-state index contributed by atoms with van der Waals surface area (Å²) in [4.78, 5) is 37.8. The molecule has 0 aromatic rings. The van der Waals surface area contributed by atoms with E-state index in [1.807, 2.05) is 11.8 Å². The quantitative estimate of drug-likeness (QED) is 0.0469. The van der Waals surface area contributed by atoms with Crippen molar-refractivity contribution in [1.29, 1.82) is 0 Å². The van der Waals surface area contributed by atoms with Crippen LogP contribution in [-0.2, 0) is 23.9 Å². The number of carbonyl (C=O) groups is 3. The molecule has 0 fully saturated rings. The molecule has 6 heteroatoms. The van der Waals surface area contributed by atoms with Crippen molar-refractivity contribution in [3.05, 3.63) is 0 Å². The molecule has 0 spiro atoms. The van der Waals surface area contributed by atoms with Gasteiger partial charge < -0.3 is 9.47 Å². The molecule has 0 radical (unpaired) electrons. The van der Waals surface area contributed by atoms with Crippen LogP contribution in [0.5, 0.6) is 0 Å². The molecule has 3 unspecified atom stereocenters. The lowest BCUT2D eigenvalue weighted by Crippen LogP contribution is -2.21. The Kier molecular flexibility index (Phi) is 36.0. The molecule has 0 amide bonds. The van der Waals surface area contributed by atoms with Gasteiger partial charge in [0.1, 0.15) is 11.9 Å². The number of thioether (sulfide) groups is 1. The smallest absolute Gasteiger partial charge is 0.306 e. The van der Waals surface area contributed by atoms with Crippen LogP contribution in [0.15, 0.2) is 0 Å². The van der Waals surface area contributed by atoms with E-state index in [0.29, 0.717) is 49.9 Å². The zero-order valence-corrected chi connectivity index (χ0v) is 34.1. The first kappa shape index (κ1) is 48.0.